The van der Waals surface area contributed by atoms with Crippen LogP contribution in [-0.2, 0) is 5.33 Å². The molecule has 0 spiro atoms. The average Bonchev–Trinajstić information content (AvgIpc) is 2.04. The Bertz CT molecular complexity index is 312. The van der Waals surface area contributed by atoms with Crippen LogP contribution in [0.3, 0.4) is 0 Å². The minimum absolute atomic E-state index is 0.0759. The zero-order chi connectivity index (χ0) is 9.14. The number of hydrogen-bond acceptors (Lipinski definition) is 2. The molecule has 1 aromatic carbocycles. The molecule has 0 aliphatic rings. The Labute approximate surface area is 78.7 Å². The summed E-state index contributed by atoms with van der Waals surface area (Å²) in [6, 6.07) is 4.92. The molecule has 63 valence electrons. The van der Waals surface area contributed by atoms with Gasteiger partial charge in [-0.25, -0.2) is 0 Å². The van der Waals surface area contributed by atoms with Gasteiger partial charge in [-0.3, -0.25) is 10.1 Å². The molecule has 0 N–H and O–H groups in total. The summed E-state index contributed by atoms with van der Waals surface area (Å²) in [7, 11) is 0. The van der Waals surface area contributed by atoms with Gasteiger partial charge in [-0.15, -0.1) is 0 Å². The van der Waals surface area contributed by atoms with E-state index in [2.05, 4.69) is 22.9 Å². The Balaban J connectivity index is 3.23. The van der Waals surface area contributed by atoms with E-state index in [0.717, 1.165) is 5.56 Å². The molecule has 0 bridgehead atoms. The maximum absolute atomic E-state index is 10.4. The summed E-state index contributed by atoms with van der Waals surface area (Å²) in [4.78, 5) is 10.0. The number of nitrogens with zero attached hydrogens (tertiary/aromatic N) is 1. The molecule has 1 radical (unpaired) electrons. The first-order chi connectivity index (χ1) is 5.66. The van der Waals surface area contributed by atoms with Crippen molar-refractivity contribution in [1.82, 2.24) is 0 Å². The summed E-state index contributed by atoms with van der Waals surface area (Å²) in [6.07, 6.45) is 0. The number of alkyl halides is 1. The van der Waals surface area contributed by atoms with Crippen LogP contribution >= 0.6 is 15.9 Å². The van der Waals surface area contributed by atoms with E-state index in [9.17, 15) is 10.1 Å². The van der Waals surface area contributed by atoms with Crippen LogP contribution in [0, 0.1) is 17.0 Å². The molecule has 12 heavy (non-hydrogen) atoms. The first kappa shape index (κ1) is 9.19. The highest BCUT2D eigenvalue weighted by Gasteiger charge is 2.11. The van der Waals surface area contributed by atoms with Crippen LogP contribution in [-0.4, -0.2) is 4.92 Å². The highest BCUT2D eigenvalue weighted by atomic mass is 79.9. The summed E-state index contributed by atoms with van der Waals surface area (Å²) < 4.78 is 0. The summed E-state index contributed by atoms with van der Waals surface area (Å²) in [5.74, 6) is 0. The van der Waals surface area contributed by atoms with E-state index >= 15 is 0 Å². The van der Waals surface area contributed by atoms with Crippen molar-refractivity contribution in [1.29, 1.82) is 0 Å². The third-order valence-electron chi connectivity index (χ3n) is 1.59. The fourth-order valence-corrected chi connectivity index (χ4v) is 1.44. The van der Waals surface area contributed by atoms with Crippen LogP contribution in [0.25, 0.3) is 0 Å². The number of rotatable bonds is 2. The molecule has 0 saturated carbocycles. The van der Waals surface area contributed by atoms with Crippen molar-refractivity contribution in [3.63, 3.8) is 0 Å². The van der Waals surface area contributed by atoms with E-state index in [-0.39, 0.29) is 5.69 Å². The van der Waals surface area contributed by atoms with Crippen LogP contribution in [0.5, 0.6) is 0 Å². The summed E-state index contributed by atoms with van der Waals surface area (Å²) in [5.41, 5.74) is 1.41. The second kappa shape index (κ2) is 3.67. The quantitative estimate of drug-likeness (QED) is 0.444. The Morgan fingerprint density at radius 2 is 2.25 bits per heavy atom. The van der Waals surface area contributed by atoms with E-state index in [0.29, 0.717) is 10.9 Å². The fraction of sp³-hybridized carbons (Fsp3) is 0.125. The highest BCUT2D eigenvalue weighted by Crippen LogP contribution is 2.22. The van der Waals surface area contributed by atoms with Crippen molar-refractivity contribution in [3.05, 3.63) is 46.4 Å². The molecule has 1 rings (SSSR count). The molecule has 0 aromatic heterocycles. The molecule has 0 fully saturated rings. The molecule has 4 heteroatoms. The van der Waals surface area contributed by atoms with Crippen molar-refractivity contribution >= 4 is 21.6 Å². The van der Waals surface area contributed by atoms with E-state index in [1.807, 2.05) is 6.07 Å². The third kappa shape index (κ3) is 1.64. The molecular weight excluding hydrogens is 222 g/mol. The normalized spacial score (nSPS) is 9.83. The lowest BCUT2D eigenvalue weighted by atomic mass is 10.1. The zero-order valence-electron chi connectivity index (χ0n) is 6.29. The van der Waals surface area contributed by atoms with Crippen molar-refractivity contribution < 1.29 is 4.92 Å². The molecule has 3 nitrogen and oxygen atoms in total. The molecular formula is C8H7BrNO2. The third-order valence-corrected chi connectivity index (χ3v) is 2.19. The second-order valence-electron chi connectivity index (χ2n) is 2.31. The molecule has 0 saturated heterocycles. The van der Waals surface area contributed by atoms with Gasteiger partial charge in [-0.05, 0) is 12.5 Å². The zero-order valence-corrected chi connectivity index (χ0v) is 7.87. The number of nitro benzene ring substituents is 1. The largest absolute Gasteiger partial charge is 0.272 e. The van der Waals surface area contributed by atoms with Gasteiger partial charge in [0.05, 0.1) is 4.92 Å². The second-order valence-corrected chi connectivity index (χ2v) is 2.87. The first-order valence-electron chi connectivity index (χ1n) is 3.31. The first-order valence-corrected chi connectivity index (χ1v) is 4.43. The minimum atomic E-state index is -0.422. The Morgan fingerprint density at radius 3 is 2.75 bits per heavy atom. The van der Waals surface area contributed by atoms with Crippen LogP contribution in [0.1, 0.15) is 11.1 Å². The summed E-state index contributed by atoms with van der Waals surface area (Å²) >= 11 is 3.23. The standard InChI is InChI=1S/C8H7BrNO2/c1-6-7(5-9)3-2-4-8(6)10(11)12/h2-4H,1,5H2. The highest BCUT2D eigenvalue weighted by molar-refractivity contribution is 9.08. The van der Waals surface area contributed by atoms with E-state index in [4.69, 9.17) is 0 Å². The predicted molar refractivity (Wildman–Crippen MR) is 50.2 cm³/mol. The fourth-order valence-electron chi connectivity index (χ4n) is 0.917. The molecule has 0 aliphatic heterocycles. The molecule has 0 atom stereocenters. The van der Waals surface area contributed by atoms with E-state index < -0.39 is 4.92 Å². The maximum atomic E-state index is 10.4. The number of nitro groups is 1. The lowest BCUT2D eigenvalue weighted by Gasteiger charge is -2.00. The van der Waals surface area contributed by atoms with Crippen molar-refractivity contribution in [2.45, 2.75) is 5.33 Å². The van der Waals surface area contributed by atoms with Gasteiger partial charge in [0.2, 0.25) is 0 Å². The lowest BCUT2D eigenvalue weighted by molar-refractivity contribution is -0.385. The molecule has 0 unspecified atom stereocenters. The average molecular weight is 229 g/mol. The van der Waals surface area contributed by atoms with Crippen molar-refractivity contribution in [2.75, 3.05) is 0 Å². The van der Waals surface area contributed by atoms with Crippen LogP contribution in [0.2, 0.25) is 0 Å². The van der Waals surface area contributed by atoms with Gasteiger partial charge in [0.1, 0.15) is 0 Å². The van der Waals surface area contributed by atoms with Gasteiger partial charge in [-0.2, -0.15) is 0 Å². The monoisotopic (exact) mass is 228 g/mol. The summed E-state index contributed by atoms with van der Waals surface area (Å²) in [5, 5.41) is 11.0. The number of benzene rings is 1. The van der Waals surface area contributed by atoms with Crippen LogP contribution in [0.15, 0.2) is 18.2 Å². The molecule has 0 heterocycles. The number of hydrogen-bond donors (Lipinski definition) is 0. The van der Waals surface area contributed by atoms with Crippen LogP contribution in [0.4, 0.5) is 5.69 Å². The van der Waals surface area contributed by atoms with E-state index in [1.165, 1.54) is 6.07 Å². The summed E-state index contributed by atoms with van der Waals surface area (Å²) in [6.45, 7) is 3.64. The number of halogens is 1. The Hall–Kier alpha value is -0.900. The predicted octanol–water partition coefficient (Wildman–Crippen LogP) is 2.67. The van der Waals surface area contributed by atoms with E-state index in [1.54, 1.807) is 6.07 Å². The van der Waals surface area contributed by atoms with Crippen molar-refractivity contribution in [3.8, 4) is 0 Å². The SMILES string of the molecule is [CH2]c1c(CBr)cccc1[N+](=O)[O-]. The van der Waals surface area contributed by atoms with Crippen molar-refractivity contribution in [2.24, 2.45) is 0 Å². The topological polar surface area (TPSA) is 43.1 Å². The van der Waals surface area contributed by atoms with Crippen LogP contribution < -0.4 is 0 Å². The van der Waals surface area contributed by atoms with Gasteiger partial charge < -0.3 is 0 Å². The Morgan fingerprint density at radius 1 is 1.58 bits per heavy atom. The smallest absolute Gasteiger partial charge is 0.258 e. The van der Waals surface area contributed by atoms with Gasteiger partial charge in [0.15, 0.2) is 0 Å². The van der Waals surface area contributed by atoms with Gasteiger partial charge in [-0.1, -0.05) is 28.1 Å². The van der Waals surface area contributed by atoms with Gasteiger partial charge >= 0.3 is 0 Å². The Kier molecular flexibility index (Phi) is 2.81. The van der Waals surface area contributed by atoms with Gasteiger partial charge in [0, 0.05) is 17.0 Å². The maximum Gasteiger partial charge on any atom is 0.272 e. The van der Waals surface area contributed by atoms with Gasteiger partial charge in [0.25, 0.3) is 5.69 Å². The molecule has 1 aromatic rings. The molecule has 0 aliphatic carbocycles. The minimum Gasteiger partial charge on any atom is -0.258 e. The lowest BCUT2D eigenvalue weighted by Crippen LogP contribution is -1.94. The molecule has 0 amide bonds.